The number of aromatic amines is 1. The van der Waals surface area contributed by atoms with Crippen LogP contribution in [-0.4, -0.2) is 32.2 Å². The van der Waals surface area contributed by atoms with Gasteiger partial charge in [-0.2, -0.15) is 0 Å². The topological polar surface area (TPSA) is 127 Å². The monoisotopic (exact) mass is 476 g/mol. The summed E-state index contributed by atoms with van der Waals surface area (Å²) in [5.74, 6) is -1.77. The molecule has 0 aliphatic carbocycles. The Kier molecular flexibility index (Phi) is 6.04. The number of hydrogen-bond acceptors (Lipinski definition) is 7. The molecule has 0 amide bonds. The predicted molar refractivity (Wildman–Crippen MR) is 127 cm³/mol. The Morgan fingerprint density at radius 2 is 1.83 bits per heavy atom. The number of esters is 1. The van der Waals surface area contributed by atoms with E-state index in [1.165, 1.54) is 24.4 Å². The molecule has 0 atom stereocenters. The molecule has 2 aromatic heterocycles. The van der Waals surface area contributed by atoms with Crippen LogP contribution in [0, 0.1) is 15.9 Å². The lowest BCUT2D eigenvalue weighted by atomic mass is 10.0. The van der Waals surface area contributed by atoms with Gasteiger partial charge in [0, 0.05) is 23.2 Å². The van der Waals surface area contributed by atoms with E-state index >= 15 is 0 Å². The molecule has 2 aromatic carbocycles. The van der Waals surface area contributed by atoms with Crippen molar-refractivity contribution in [1.82, 2.24) is 9.97 Å². The van der Waals surface area contributed by atoms with E-state index in [1.54, 1.807) is 51.1 Å². The first kappa shape index (κ1) is 23.6. The minimum Gasteiger partial charge on any atom is -0.456 e. The molecule has 10 heteroatoms. The first-order valence-electron chi connectivity index (χ1n) is 10.6. The summed E-state index contributed by atoms with van der Waals surface area (Å²) in [6.45, 7) is 5.12. The first-order valence-corrected chi connectivity index (χ1v) is 10.6. The lowest BCUT2D eigenvalue weighted by Gasteiger charge is -2.19. The fraction of sp³-hybridized carbons (Fsp3) is 0.160. The summed E-state index contributed by atoms with van der Waals surface area (Å²) < 4.78 is 19.9. The molecule has 0 radical (unpaired) electrons. The largest absolute Gasteiger partial charge is 0.456 e. The molecule has 35 heavy (non-hydrogen) atoms. The number of ether oxygens (including phenoxy) is 1. The second-order valence-corrected chi connectivity index (χ2v) is 8.72. The fourth-order valence-corrected chi connectivity index (χ4v) is 3.45. The molecule has 0 aliphatic rings. The van der Waals surface area contributed by atoms with Crippen molar-refractivity contribution in [3.8, 4) is 0 Å². The van der Waals surface area contributed by atoms with E-state index in [0.717, 1.165) is 6.07 Å². The number of carbonyl (C=O) groups is 2. The zero-order chi connectivity index (χ0) is 25.3. The van der Waals surface area contributed by atoms with Gasteiger partial charge in [-0.3, -0.25) is 14.9 Å². The highest BCUT2D eigenvalue weighted by Gasteiger charge is 2.23. The Labute approximate surface area is 199 Å². The molecule has 2 heterocycles. The normalized spacial score (nSPS) is 11.3. The molecule has 4 rings (SSSR count). The van der Waals surface area contributed by atoms with Gasteiger partial charge < -0.3 is 15.0 Å². The van der Waals surface area contributed by atoms with Crippen molar-refractivity contribution in [1.29, 1.82) is 0 Å². The number of benzene rings is 2. The number of hydrogen-bond donors (Lipinski definition) is 2. The number of carbonyl (C=O) groups excluding carboxylic acids is 2. The van der Waals surface area contributed by atoms with E-state index in [9.17, 15) is 24.1 Å². The van der Waals surface area contributed by atoms with Crippen LogP contribution in [0.15, 0.2) is 60.8 Å². The van der Waals surface area contributed by atoms with E-state index < -0.39 is 28.1 Å². The maximum atomic E-state index is 14.6. The quantitative estimate of drug-likeness (QED) is 0.162. The van der Waals surface area contributed by atoms with E-state index in [-0.39, 0.29) is 28.1 Å². The van der Waals surface area contributed by atoms with Crippen LogP contribution in [0.2, 0.25) is 0 Å². The molecule has 0 aliphatic heterocycles. The highest BCUT2D eigenvalue weighted by molar-refractivity contribution is 6.16. The fourth-order valence-electron chi connectivity index (χ4n) is 3.45. The van der Waals surface area contributed by atoms with Gasteiger partial charge in [0.2, 0.25) is 0 Å². The van der Waals surface area contributed by atoms with Crippen LogP contribution < -0.4 is 5.32 Å². The number of para-hydroxylation sites is 2. The summed E-state index contributed by atoms with van der Waals surface area (Å²) in [7, 11) is 0. The van der Waals surface area contributed by atoms with E-state index in [0.29, 0.717) is 16.9 Å². The Bertz CT molecular complexity index is 1470. The van der Waals surface area contributed by atoms with Crippen LogP contribution in [0.3, 0.4) is 0 Å². The van der Waals surface area contributed by atoms with Crippen LogP contribution in [0.4, 0.5) is 21.6 Å². The minimum atomic E-state index is -0.778. The smallest absolute Gasteiger partial charge is 0.338 e. The third-order valence-electron chi connectivity index (χ3n) is 4.99. The number of anilines is 2. The molecule has 9 nitrogen and oxygen atoms in total. The van der Waals surface area contributed by atoms with Gasteiger partial charge in [0.25, 0.3) is 5.69 Å². The van der Waals surface area contributed by atoms with Gasteiger partial charge >= 0.3 is 5.97 Å². The standard InChI is InChI=1S/C25H21FN4O5/c1-25(2,3)35-24(32)14-8-10-18(26)16(12-14)22(31)17-13-27-23-15(17)9-11-21(29-23)28-19-6-4-5-7-20(19)30(33)34/h4-13H,1-3H3,(H2,27,28,29). The average Bonchev–Trinajstić information content (AvgIpc) is 3.21. The van der Waals surface area contributed by atoms with Crippen molar-refractivity contribution in [3.63, 3.8) is 0 Å². The molecule has 0 bridgehead atoms. The molecule has 178 valence electrons. The van der Waals surface area contributed by atoms with Gasteiger partial charge in [0.15, 0.2) is 5.78 Å². The molecule has 0 unspecified atom stereocenters. The van der Waals surface area contributed by atoms with Crippen LogP contribution in [0.25, 0.3) is 11.0 Å². The third-order valence-corrected chi connectivity index (χ3v) is 4.99. The van der Waals surface area contributed by atoms with Crippen molar-refractivity contribution >= 4 is 40.0 Å². The van der Waals surface area contributed by atoms with Crippen molar-refractivity contribution in [2.24, 2.45) is 0 Å². The Morgan fingerprint density at radius 3 is 2.54 bits per heavy atom. The molecule has 2 N–H and O–H groups in total. The SMILES string of the molecule is CC(C)(C)OC(=O)c1ccc(F)c(C(=O)c2c[nH]c3nc(Nc4ccccc4[N+](=O)[O-])ccc23)c1. The molecule has 0 spiro atoms. The highest BCUT2D eigenvalue weighted by Crippen LogP contribution is 2.28. The highest BCUT2D eigenvalue weighted by atomic mass is 19.1. The minimum absolute atomic E-state index is 0.0542. The number of H-pyrrole nitrogens is 1. The number of nitro benzene ring substituents is 1. The number of halogens is 1. The van der Waals surface area contributed by atoms with Crippen LogP contribution in [0.1, 0.15) is 47.1 Å². The summed E-state index contributed by atoms with van der Waals surface area (Å²) in [5.41, 5.74) is -0.352. The summed E-state index contributed by atoms with van der Waals surface area (Å²) in [4.78, 5) is 43.5. The predicted octanol–water partition coefficient (Wildman–Crippen LogP) is 5.54. The summed E-state index contributed by atoms with van der Waals surface area (Å²) in [6.07, 6.45) is 1.40. The Hall–Kier alpha value is -4.60. The van der Waals surface area contributed by atoms with Crippen molar-refractivity contribution in [2.75, 3.05) is 5.32 Å². The number of ketones is 1. The van der Waals surface area contributed by atoms with E-state index in [2.05, 4.69) is 15.3 Å². The van der Waals surface area contributed by atoms with E-state index in [1.807, 2.05) is 0 Å². The second-order valence-electron chi connectivity index (χ2n) is 8.72. The number of nitrogens with one attached hydrogen (secondary N) is 2. The van der Waals surface area contributed by atoms with E-state index in [4.69, 9.17) is 4.74 Å². The third kappa shape index (κ3) is 5.01. The maximum absolute atomic E-state index is 14.6. The van der Waals surface area contributed by atoms with Crippen LogP contribution >= 0.6 is 0 Å². The molecule has 0 saturated heterocycles. The second kappa shape index (κ2) is 8.98. The molecular weight excluding hydrogens is 455 g/mol. The number of nitrogens with zero attached hydrogens (tertiary/aromatic N) is 2. The van der Waals surface area contributed by atoms with Gasteiger partial charge in [-0.1, -0.05) is 12.1 Å². The molecule has 0 fully saturated rings. The summed E-state index contributed by atoms with van der Waals surface area (Å²) in [5, 5.41) is 14.6. The summed E-state index contributed by atoms with van der Waals surface area (Å²) in [6, 6.07) is 12.8. The van der Waals surface area contributed by atoms with Crippen molar-refractivity contribution < 1.29 is 23.6 Å². The molecule has 0 saturated carbocycles. The first-order chi connectivity index (χ1) is 16.5. The number of nitro groups is 1. The van der Waals surface area contributed by atoms with Crippen LogP contribution in [0.5, 0.6) is 0 Å². The molecular formula is C25H21FN4O5. The van der Waals surface area contributed by atoms with Gasteiger partial charge in [-0.25, -0.2) is 14.2 Å². The number of rotatable bonds is 6. The van der Waals surface area contributed by atoms with Gasteiger partial charge in [-0.15, -0.1) is 0 Å². The molecule has 4 aromatic rings. The lowest BCUT2D eigenvalue weighted by molar-refractivity contribution is -0.383. The van der Waals surface area contributed by atoms with Gasteiger partial charge in [-0.05, 0) is 57.2 Å². The summed E-state index contributed by atoms with van der Waals surface area (Å²) >= 11 is 0. The Balaban J connectivity index is 1.64. The number of pyridine rings is 1. The van der Waals surface area contributed by atoms with Gasteiger partial charge in [0.05, 0.1) is 16.1 Å². The average molecular weight is 476 g/mol. The van der Waals surface area contributed by atoms with Crippen molar-refractivity contribution in [2.45, 2.75) is 26.4 Å². The maximum Gasteiger partial charge on any atom is 0.338 e. The lowest BCUT2D eigenvalue weighted by Crippen LogP contribution is -2.24. The number of fused-ring (bicyclic) bond motifs is 1. The van der Waals surface area contributed by atoms with Crippen LogP contribution in [-0.2, 0) is 4.74 Å². The van der Waals surface area contributed by atoms with Gasteiger partial charge in [0.1, 0.15) is 28.6 Å². The number of aromatic nitrogens is 2. The zero-order valence-corrected chi connectivity index (χ0v) is 19.1. The zero-order valence-electron chi connectivity index (χ0n) is 19.1. The Morgan fingerprint density at radius 1 is 1.09 bits per heavy atom. The van der Waals surface area contributed by atoms with Crippen molar-refractivity contribution in [3.05, 3.63) is 93.4 Å².